The number of nitrogens with zero attached hydrogens (tertiary/aromatic N) is 2. The molecule has 0 bridgehead atoms. The van der Waals surface area contributed by atoms with Crippen molar-refractivity contribution in [3.63, 3.8) is 0 Å². The Kier molecular flexibility index (Phi) is 21.3. The number of carbonyl (C=O) groups is 2. The number of hydrogen-bond acceptors (Lipinski definition) is 8. The van der Waals surface area contributed by atoms with E-state index in [1.54, 1.807) is 0 Å². The smallest absolute Gasteiger partial charge is 0.307 e. The van der Waals surface area contributed by atoms with Crippen molar-refractivity contribution >= 4 is 11.9 Å². The molecule has 0 spiro atoms. The van der Waals surface area contributed by atoms with Gasteiger partial charge in [-0.1, -0.05) is 34.6 Å². The molecule has 0 aliphatic rings. The topological polar surface area (TPSA) is 77.5 Å². The van der Waals surface area contributed by atoms with Gasteiger partial charge in [-0.15, -0.1) is 0 Å². The van der Waals surface area contributed by atoms with Gasteiger partial charge in [-0.25, -0.2) is 0 Å². The maximum atomic E-state index is 11.7. The Morgan fingerprint density at radius 2 is 1.16 bits per heavy atom. The molecule has 0 fully saturated rings. The lowest BCUT2D eigenvalue weighted by atomic mass is 9.91. The molecule has 0 aromatic heterocycles. The van der Waals surface area contributed by atoms with Crippen LogP contribution in [0.25, 0.3) is 0 Å². The first-order valence-corrected chi connectivity index (χ1v) is 11.4. The summed E-state index contributed by atoms with van der Waals surface area (Å²) >= 11 is 0. The Hall–Kier alpha value is -1.22. The maximum Gasteiger partial charge on any atom is 0.307 e. The second-order valence-electron chi connectivity index (χ2n) is 8.58. The van der Waals surface area contributed by atoms with Crippen LogP contribution in [-0.2, 0) is 28.5 Å². The normalized spacial score (nSPS) is 11.3. The SMILES string of the molecule is CC.CN(C)CCOCCN(C)CCC(=O)OCCOCCOC(=O)CCC(C)(C)C. The van der Waals surface area contributed by atoms with Crippen LogP contribution in [0.4, 0.5) is 0 Å². The van der Waals surface area contributed by atoms with Crippen molar-refractivity contribution in [2.45, 2.75) is 53.9 Å². The van der Waals surface area contributed by atoms with Crippen LogP contribution >= 0.6 is 0 Å². The second kappa shape index (κ2) is 20.7. The molecule has 0 saturated carbocycles. The van der Waals surface area contributed by atoms with E-state index in [9.17, 15) is 9.59 Å². The van der Waals surface area contributed by atoms with Crippen LogP contribution in [0.2, 0.25) is 0 Å². The van der Waals surface area contributed by atoms with Crippen molar-refractivity contribution < 1.29 is 28.5 Å². The molecule has 186 valence electrons. The summed E-state index contributed by atoms with van der Waals surface area (Å²) in [7, 11) is 5.97. The summed E-state index contributed by atoms with van der Waals surface area (Å²) in [6.45, 7) is 14.9. The molecule has 0 aliphatic carbocycles. The van der Waals surface area contributed by atoms with Crippen LogP contribution in [0.15, 0.2) is 0 Å². The zero-order valence-electron chi connectivity index (χ0n) is 21.3. The van der Waals surface area contributed by atoms with Gasteiger partial charge in [0.25, 0.3) is 0 Å². The number of rotatable bonds is 17. The lowest BCUT2D eigenvalue weighted by Crippen LogP contribution is -2.27. The minimum atomic E-state index is -0.248. The zero-order valence-corrected chi connectivity index (χ0v) is 21.3. The molecule has 0 saturated heterocycles. The van der Waals surface area contributed by atoms with Crippen molar-refractivity contribution in [1.29, 1.82) is 0 Å². The van der Waals surface area contributed by atoms with E-state index in [1.807, 2.05) is 39.9 Å². The molecule has 8 nitrogen and oxygen atoms in total. The summed E-state index contributed by atoms with van der Waals surface area (Å²) in [5.41, 5.74) is 0.119. The third kappa shape index (κ3) is 26.7. The van der Waals surface area contributed by atoms with Gasteiger partial charge in [0.2, 0.25) is 0 Å². The van der Waals surface area contributed by atoms with E-state index in [0.29, 0.717) is 45.8 Å². The predicted molar refractivity (Wildman–Crippen MR) is 124 cm³/mol. The van der Waals surface area contributed by atoms with E-state index >= 15 is 0 Å². The van der Waals surface area contributed by atoms with E-state index in [2.05, 4.69) is 25.7 Å². The molecule has 0 aromatic rings. The Morgan fingerprint density at radius 1 is 0.677 bits per heavy atom. The Bertz CT molecular complexity index is 438. The van der Waals surface area contributed by atoms with E-state index < -0.39 is 0 Å². The van der Waals surface area contributed by atoms with E-state index in [1.165, 1.54) is 0 Å². The van der Waals surface area contributed by atoms with Gasteiger partial charge in [-0.3, -0.25) is 9.59 Å². The first kappa shape index (κ1) is 32.0. The number of esters is 2. The maximum absolute atomic E-state index is 11.7. The molecule has 0 aliphatic heterocycles. The summed E-state index contributed by atoms with van der Waals surface area (Å²) in [5.74, 6) is -0.454. The zero-order chi connectivity index (χ0) is 24.1. The first-order chi connectivity index (χ1) is 14.6. The van der Waals surface area contributed by atoms with Crippen molar-refractivity contribution in [1.82, 2.24) is 9.80 Å². The Labute approximate surface area is 190 Å². The van der Waals surface area contributed by atoms with Crippen LogP contribution in [0.3, 0.4) is 0 Å². The third-order valence-corrected chi connectivity index (χ3v) is 4.06. The van der Waals surface area contributed by atoms with Gasteiger partial charge in [-0.2, -0.15) is 0 Å². The monoisotopic (exact) mass is 448 g/mol. The number of ether oxygens (including phenoxy) is 4. The average molecular weight is 449 g/mol. The quantitative estimate of drug-likeness (QED) is 0.248. The van der Waals surface area contributed by atoms with E-state index in [-0.39, 0.29) is 30.6 Å². The fraction of sp³-hybridized carbons (Fsp3) is 0.913. The minimum absolute atomic E-state index is 0.119. The number of likely N-dealkylation sites (N-methyl/N-ethyl adjacent to an activating group) is 2. The fourth-order valence-corrected chi connectivity index (χ4v) is 2.12. The van der Waals surface area contributed by atoms with Gasteiger partial charge in [0.05, 0.1) is 32.8 Å². The molecular weight excluding hydrogens is 400 g/mol. The Balaban J connectivity index is 0. The van der Waals surface area contributed by atoms with Gasteiger partial charge < -0.3 is 28.7 Å². The second-order valence-corrected chi connectivity index (χ2v) is 8.58. The minimum Gasteiger partial charge on any atom is -0.463 e. The lowest BCUT2D eigenvalue weighted by Gasteiger charge is -2.17. The van der Waals surface area contributed by atoms with Gasteiger partial charge in [0.15, 0.2) is 0 Å². The molecule has 0 radical (unpaired) electrons. The van der Waals surface area contributed by atoms with Crippen LogP contribution in [0.5, 0.6) is 0 Å². The highest BCUT2D eigenvalue weighted by Gasteiger charge is 2.13. The van der Waals surface area contributed by atoms with Gasteiger partial charge in [-0.05, 0) is 33.0 Å². The molecular formula is C23H48N2O6. The highest BCUT2D eigenvalue weighted by atomic mass is 16.6. The summed E-state index contributed by atoms with van der Waals surface area (Å²) in [6, 6.07) is 0. The average Bonchev–Trinajstić information content (AvgIpc) is 2.70. The summed E-state index contributed by atoms with van der Waals surface area (Å²) in [4.78, 5) is 27.4. The molecule has 8 heteroatoms. The molecule has 0 unspecified atom stereocenters. The van der Waals surface area contributed by atoms with Gasteiger partial charge in [0.1, 0.15) is 13.2 Å². The molecule has 31 heavy (non-hydrogen) atoms. The predicted octanol–water partition coefficient (Wildman–Crippen LogP) is 2.84. The molecule has 0 N–H and O–H groups in total. The van der Waals surface area contributed by atoms with Crippen LogP contribution in [-0.4, -0.2) is 102 Å². The van der Waals surface area contributed by atoms with Crippen molar-refractivity contribution in [3.8, 4) is 0 Å². The molecule has 0 aromatic carbocycles. The summed E-state index contributed by atoms with van der Waals surface area (Å²) < 4.78 is 21.1. The van der Waals surface area contributed by atoms with Crippen molar-refractivity contribution in [2.24, 2.45) is 5.41 Å². The fourth-order valence-electron chi connectivity index (χ4n) is 2.12. The van der Waals surface area contributed by atoms with Crippen LogP contribution in [0.1, 0.15) is 53.9 Å². The summed E-state index contributed by atoms with van der Waals surface area (Å²) in [6.07, 6.45) is 1.54. The third-order valence-electron chi connectivity index (χ3n) is 4.06. The van der Waals surface area contributed by atoms with Gasteiger partial charge >= 0.3 is 11.9 Å². The molecule has 0 heterocycles. The Morgan fingerprint density at radius 3 is 1.68 bits per heavy atom. The summed E-state index contributed by atoms with van der Waals surface area (Å²) in [5, 5.41) is 0. The molecule has 0 amide bonds. The first-order valence-electron chi connectivity index (χ1n) is 11.4. The molecule has 0 rings (SSSR count). The van der Waals surface area contributed by atoms with Crippen molar-refractivity contribution in [2.75, 3.05) is 80.4 Å². The van der Waals surface area contributed by atoms with Crippen LogP contribution < -0.4 is 0 Å². The molecule has 0 atom stereocenters. The van der Waals surface area contributed by atoms with Crippen LogP contribution in [0, 0.1) is 5.41 Å². The largest absolute Gasteiger partial charge is 0.463 e. The van der Waals surface area contributed by atoms with E-state index in [4.69, 9.17) is 18.9 Å². The van der Waals surface area contributed by atoms with E-state index in [0.717, 1.165) is 19.5 Å². The lowest BCUT2D eigenvalue weighted by molar-refractivity contribution is -0.147. The number of carbonyl (C=O) groups excluding carboxylic acids is 2. The standard InChI is InChI=1S/C21H42N2O6.C2H6/c1-21(2,3)9-7-19(24)28-17-15-27-16-18-29-20(25)8-10-23(6)12-14-26-13-11-22(4)5;1-2/h7-18H2,1-6H3;1-2H3. The highest BCUT2D eigenvalue weighted by Crippen LogP contribution is 2.20. The number of hydrogen-bond donors (Lipinski definition) is 0. The van der Waals surface area contributed by atoms with Gasteiger partial charge in [0, 0.05) is 26.1 Å². The van der Waals surface area contributed by atoms with Crippen molar-refractivity contribution in [3.05, 3.63) is 0 Å². The highest BCUT2D eigenvalue weighted by molar-refractivity contribution is 5.69.